The minimum Gasteiger partial charge on any atom is -0.369 e. The number of nitrogens with two attached hydrogens (primary N) is 1. The smallest absolute Gasteiger partial charge is 0.369 e. The van der Waals surface area contributed by atoms with Gasteiger partial charge in [-0.15, -0.1) is 0 Å². The molecule has 0 aromatic heterocycles. The van der Waals surface area contributed by atoms with Crippen molar-refractivity contribution in [3.63, 3.8) is 0 Å². The van der Waals surface area contributed by atoms with Crippen molar-refractivity contribution >= 4 is 5.91 Å². The molecule has 0 fully saturated rings. The van der Waals surface area contributed by atoms with Gasteiger partial charge in [0.25, 0.3) is 0 Å². The normalized spacial score (nSPS) is 16.1. The Morgan fingerprint density at radius 3 is 2.25 bits per heavy atom. The largest absolute Gasteiger partial charge is 0.415 e. The third-order valence-electron chi connectivity index (χ3n) is 1.96. The Labute approximate surface area is 90.8 Å². The molecule has 6 heteroatoms. The molecular weight excluding hydrogens is 226 g/mol. The van der Waals surface area contributed by atoms with Gasteiger partial charge in [-0.2, -0.15) is 13.2 Å². The Balaban J connectivity index is 4.95. The van der Waals surface area contributed by atoms with Gasteiger partial charge in [0, 0.05) is 0 Å². The number of carbonyl (C=O) groups is 1. The molecule has 0 spiro atoms. The van der Waals surface area contributed by atoms with E-state index in [1.807, 2.05) is 0 Å². The van der Waals surface area contributed by atoms with Crippen LogP contribution in [0, 0.1) is 5.92 Å². The molecule has 1 atom stereocenters. The molecule has 0 radical (unpaired) electrons. The average Bonchev–Trinajstić information content (AvgIpc) is 2.12. The maximum Gasteiger partial charge on any atom is 0.415 e. The van der Waals surface area contributed by atoms with Crippen molar-refractivity contribution in [2.75, 3.05) is 0 Å². The summed E-state index contributed by atoms with van der Waals surface area (Å²) in [5, 5.41) is 0. The van der Waals surface area contributed by atoms with Crippen LogP contribution in [0.2, 0.25) is 0 Å². The van der Waals surface area contributed by atoms with Gasteiger partial charge in [-0.05, 0) is 12.5 Å². The standard InChI is InChI=1S/C10H13F4NO/c1-3-7(10(12,13)14)8(11)5-4-6(2)9(15)16/h4-6H,3H2,1-2H3,(H2,15,16)/b5-4-,8-7-. The Morgan fingerprint density at radius 2 is 1.94 bits per heavy atom. The molecule has 0 saturated carbocycles. The third-order valence-corrected chi connectivity index (χ3v) is 1.96. The summed E-state index contributed by atoms with van der Waals surface area (Å²) in [5.74, 6) is -2.92. The van der Waals surface area contributed by atoms with Crippen molar-refractivity contribution in [1.82, 2.24) is 0 Å². The highest BCUT2D eigenvalue weighted by Gasteiger charge is 2.34. The van der Waals surface area contributed by atoms with E-state index in [0.717, 1.165) is 6.08 Å². The fourth-order valence-corrected chi connectivity index (χ4v) is 0.929. The highest BCUT2D eigenvalue weighted by molar-refractivity contribution is 5.78. The fourth-order valence-electron chi connectivity index (χ4n) is 0.929. The van der Waals surface area contributed by atoms with Crippen LogP contribution in [0.5, 0.6) is 0 Å². The summed E-state index contributed by atoms with van der Waals surface area (Å²) in [7, 11) is 0. The van der Waals surface area contributed by atoms with Gasteiger partial charge in [0.05, 0.1) is 11.5 Å². The molecule has 0 heterocycles. The van der Waals surface area contributed by atoms with E-state index in [1.54, 1.807) is 0 Å². The van der Waals surface area contributed by atoms with E-state index >= 15 is 0 Å². The first-order chi connectivity index (χ1) is 7.20. The van der Waals surface area contributed by atoms with E-state index < -0.39 is 35.8 Å². The van der Waals surface area contributed by atoms with Crippen LogP contribution >= 0.6 is 0 Å². The number of hydrogen-bond donors (Lipinski definition) is 1. The monoisotopic (exact) mass is 239 g/mol. The second-order valence-electron chi connectivity index (χ2n) is 3.23. The van der Waals surface area contributed by atoms with E-state index in [-0.39, 0.29) is 0 Å². The first-order valence-electron chi connectivity index (χ1n) is 4.63. The Bertz CT molecular complexity index is 317. The van der Waals surface area contributed by atoms with Gasteiger partial charge in [-0.3, -0.25) is 4.79 Å². The van der Waals surface area contributed by atoms with Gasteiger partial charge in [-0.1, -0.05) is 19.9 Å². The van der Waals surface area contributed by atoms with Gasteiger partial charge < -0.3 is 5.73 Å². The van der Waals surface area contributed by atoms with Crippen LogP contribution in [0.3, 0.4) is 0 Å². The zero-order valence-corrected chi connectivity index (χ0v) is 8.94. The quantitative estimate of drug-likeness (QED) is 0.595. The minimum atomic E-state index is -4.70. The molecule has 92 valence electrons. The van der Waals surface area contributed by atoms with Gasteiger partial charge in [-0.25, -0.2) is 4.39 Å². The number of carbonyl (C=O) groups excluding carboxylic acids is 1. The molecule has 0 bridgehead atoms. The van der Waals surface area contributed by atoms with Gasteiger partial charge in [0.15, 0.2) is 0 Å². The van der Waals surface area contributed by atoms with Crippen molar-refractivity contribution in [2.45, 2.75) is 26.4 Å². The average molecular weight is 239 g/mol. The molecule has 16 heavy (non-hydrogen) atoms. The molecule has 0 aromatic carbocycles. The van der Waals surface area contributed by atoms with Gasteiger partial charge in [0.2, 0.25) is 5.91 Å². The van der Waals surface area contributed by atoms with E-state index in [9.17, 15) is 22.4 Å². The molecule has 0 saturated heterocycles. The van der Waals surface area contributed by atoms with Gasteiger partial charge in [0.1, 0.15) is 5.83 Å². The van der Waals surface area contributed by atoms with Gasteiger partial charge >= 0.3 is 6.18 Å². The predicted molar refractivity (Wildman–Crippen MR) is 52.0 cm³/mol. The lowest BCUT2D eigenvalue weighted by atomic mass is 10.1. The molecule has 0 aliphatic rings. The number of allylic oxidation sites excluding steroid dienone is 3. The van der Waals surface area contributed by atoms with Crippen molar-refractivity contribution in [2.24, 2.45) is 11.7 Å². The molecule has 0 aromatic rings. The summed E-state index contributed by atoms with van der Waals surface area (Å²) in [5.41, 5.74) is 3.62. The highest BCUT2D eigenvalue weighted by Crippen LogP contribution is 2.31. The fraction of sp³-hybridized carbons (Fsp3) is 0.500. The Kier molecular flexibility index (Phi) is 5.20. The second kappa shape index (κ2) is 5.67. The molecule has 0 rings (SSSR count). The van der Waals surface area contributed by atoms with Crippen LogP contribution < -0.4 is 5.73 Å². The lowest BCUT2D eigenvalue weighted by molar-refractivity contribution is -0.120. The first kappa shape index (κ1) is 14.7. The maximum atomic E-state index is 13.1. The number of amides is 1. The number of primary amides is 1. The molecule has 2 nitrogen and oxygen atoms in total. The summed E-state index contributed by atoms with van der Waals surface area (Å²) in [6.07, 6.45) is -3.54. The summed E-state index contributed by atoms with van der Waals surface area (Å²) in [6.45, 7) is 2.57. The minimum absolute atomic E-state index is 0.468. The molecule has 0 aliphatic carbocycles. The van der Waals surface area contributed by atoms with E-state index in [1.165, 1.54) is 13.8 Å². The molecule has 0 aliphatic heterocycles. The Morgan fingerprint density at radius 1 is 1.44 bits per heavy atom. The summed E-state index contributed by atoms with van der Waals surface area (Å²) >= 11 is 0. The molecular formula is C10H13F4NO. The summed E-state index contributed by atoms with van der Waals surface area (Å²) in [6, 6.07) is 0. The van der Waals surface area contributed by atoms with Crippen molar-refractivity contribution < 1.29 is 22.4 Å². The molecule has 1 unspecified atom stereocenters. The van der Waals surface area contributed by atoms with E-state index in [4.69, 9.17) is 5.73 Å². The van der Waals surface area contributed by atoms with Crippen LogP contribution in [0.15, 0.2) is 23.6 Å². The molecule has 2 N–H and O–H groups in total. The predicted octanol–water partition coefficient (Wildman–Crippen LogP) is 2.86. The summed E-state index contributed by atoms with van der Waals surface area (Å²) < 4.78 is 49.8. The van der Waals surface area contributed by atoms with Crippen LogP contribution in [0.1, 0.15) is 20.3 Å². The highest BCUT2D eigenvalue weighted by atomic mass is 19.4. The van der Waals surface area contributed by atoms with Crippen LogP contribution in [0.4, 0.5) is 17.6 Å². The first-order valence-corrected chi connectivity index (χ1v) is 4.63. The van der Waals surface area contributed by atoms with Crippen LogP contribution in [-0.4, -0.2) is 12.1 Å². The lowest BCUT2D eigenvalue weighted by Crippen LogP contribution is -2.18. The van der Waals surface area contributed by atoms with E-state index in [0.29, 0.717) is 6.08 Å². The lowest BCUT2D eigenvalue weighted by Gasteiger charge is -2.09. The topological polar surface area (TPSA) is 43.1 Å². The molecule has 1 amide bonds. The van der Waals surface area contributed by atoms with Crippen molar-refractivity contribution in [3.05, 3.63) is 23.6 Å². The Hall–Kier alpha value is -1.33. The van der Waals surface area contributed by atoms with E-state index in [2.05, 4.69) is 0 Å². The zero-order chi connectivity index (χ0) is 12.9. The van der Waals surface area contributed by atoms with Crippen LogP contribution in [-0.2, 0) is 4.79 Å². The zero-order valence-electron chi connectivity index (χ0n) is 8.94. The number of halogens is 4. The third kappa shape index (κ3) is 4.46. The summed E-state index contributed by atoms with van der Waals surface area (Å²) in [4.78, 5) is 10.6. The SMILES string of the molecule is CC/C(=C(F)\C=C/C(C)C(N)=O)C(F)(F)F. The second-order valence-corrected chi connectivity index (χ2v) is 3.23. The number of alkyl halides is 3. The van der Waals surface area contributed by atoms with Crippen LogP contribution in [0.25, 0.3) is 0 Å². The maximum absolute atomic E-state index is 13.1. The number of hydrogen-bond acceptors (Lipinski definition) is 1. The van der Waals surface area contributed by atoms with Crippen molar-refractivity contribution in [1.29, 1.82) is 0 Å². The van der Waals surface area contributed by atoms with Crippen molar-refractivity contribution in [3.8, 4) is 0 Å². The number of rotatable bonds is 4.